The number of aryl methyl sites for hydroxylation is 2. The highest BCUT2D eigenvalue weighted by molar-refractivity contribution is 7.15. The van der Waals surface area contributed by atoms with Crippen LogP contribution in [0.2, 0.25) is 0 Å². The van der Waals surface area contributed by atoms with E-state index >= 15 is 0 Å². The van der Waals surface area contributed by atoms with Gasteiger partial charge < -0.3 is 9.15 Å². The Kier molecular flexibility index (Phi) is 5.62. The zero-order valence-corrected chi connectivity index (χ0v) is 15.7. The van der Waals surface area contributed by atoms with Gasteiger partial charge in [0.25, 0.3) is 11.8 Å². The highest BCUT2D eigenvalue weighted by atomic mass is 32.1. The van der Waals surface area contributed by atoms with Crippen molar-refractivity contribution in [2.75, 3.05) is 11.9 Å². The fraction of sp³-hybridized carbons (Fsp3) is 0.333. The summed E-state index contributed by atoms with van der Waals surface area (Å²) in [5.74, 6) is 0.770. The molecule has 8 heteroatoms. The quantitative estimate of drug-likeness (QED) is 0.624. The number of ether oxygens (including phenoxy) is 1. The molecule has 3 aromatic rings. The zero-order chi connectivity index (χ0) is 18.5. The van der Waals surface area contributed by atoms with Gasteiger partial charge in [0.2, 0.25) is 0 Å². The molecule has 0 atom stereocenters. The van der Waals surface area contributed by atoms with Crippen LogP contribution in [0.25, 0.3) is 10.8 Å². The molecule has 0 aliphatic rings. The average Bonchev–Trinajstić information content (AvgIpc) is 3.21. The third kappa shape index (κ3) is 4.26. The number of carbonyl (C=O) groups excluding carboxylic acids is 1. The van der Waals surface area contributed by atoms with Crippen LogP contribution in [0.3, 0.4) is 0 Å². The molecule has 1 aromatic carbocycles. The fourth-order valence-electron chi connectivity index (χ4n) is 2.30. The van der Waals surface area contributed by atoms with Gasteiger partial charge >= 0.3 is 6.01 Å². The second kappa shape index (κ2) is 8.09. The Morgan fingerprint density at radius 1 is 1.23 bits per heavy atom. The van der Waals surface area contributed by atoms with Gasteiger partial charge in [-0.1, -0.05) is 18.4 Å². The first-order valence-electron chi connectivity index (χ1n) is 8.39. The Morgan fingerprint density at radius 3 is 2.65 bits per heavy atom. The van der Waals surface area contributed by atoms with E-state index in [-0.39, 0.29) is 11.9 Å². The van der Waals surface area contributed by atoms with Crippen LogP contribution in [-0.4, -0.2) is 27.7 Å². The second-order valence-corrected chi connectivity index (χ2v) is 6.94. The number of nitrogens with zero attached hydrogens (tertiary/aromatic N) is 3. The molecule has 3 rings (SSSR count). The van der Waals surface area contributed by atoms with Crippen molar-refractivity contribution in [3.63, 3.8) is 0 Å². The van der Waals surface area contributed by atoms with Crippen molar-refractivity contribution < 1.29 is 13.9 Å². The number of carbonyl (C=O) groups is 1. The Bertz CT molecular complexity index is 886. The first-order chi connectivity index (χ1) is 12.6. The molecule has 2 aromatic heterocycles. The minimum absolute atomic E-state index is 0.0544. The number of hydrogen-bond donors (Lipinski definition) is 1. The maximum Gasteiger partial charge on any atom is 0.322 e. The molecular formula is C18H20N4O3S. The highest BCUT2D eigenvalue weighted by Gasteiger charge is 2.16. The van der Waals surface area contributed by atoms with E-state index in [0.29, 0.717) is 18.1 Å². The van der Waals surface area contributed by atoms with Crippen LogP contribution < -0.4 is 10.1 Å². The summed E-state index contributed by atoms with van der Waals surface area (Å²) in [5, 5.41) is 11.4. The minimum atomic E-state index is -0.322. The van der Waals surface area contributed by atoms with E-state index in [4.69, 9.17) is 9.15 Å². The van der Waals surface area contributed by atoms with Crippen molar-refractivity contribution in [3.8, 4) is 16.5 Å². The number of nitrogens with one attached hydrogen (secondary N) is 1. The van der Waals surface area contributed by atoms with Crippen molar-refractivity contribution in [2.24, 2.45) is 0 Å². The van der Waals surface area contributed by atoms with Crippen LogP contribution in [-0.2, 0) is 0 Å². The summed E-state index contributed by atoms with van der Waals surface area (Å²) in [7, 11) is 0. The molecule has 0 saturated heterocycles. The molecule has 1 amide bonds. The zero-order valence-electron chi connectivity index (χ0n) is 14.9. The van der Waals surface area contributed by atoms with Gasteiger partial charge in [-0.05, 0) is 44.5 Å². The van der Waals surface area contributed by atoms with Crippen molar-refractivity contribution in [3.05, 3.63) is 40.5 Å². The van der Waals surface area contributed by atoms with Crippen LogP contribution in [0.1, 0.15) is 40.8 Å². The molecule has 0 radical (unpaired) electrons. The molecule has 7 nitrogen and oxygen atoms in total. The number of unbranched alkanes of at least 4 members (excludes halogenated alkanes) is 1. The van der Waals surface area contributed by atoms with Gasteiger partial charge in [0.05, 0.1) is 17.3 Å². The van der Waals surface area contributed by atoms with Crippen molar-refractivity contribution in [1.82, 2.24) is 15.2 Å². The first kappa shape index (κ1) is 18.1. The Morgan fingerprint density at radius 2 is 2.00 bits per heavy atom. The van der Waals surface area contributed by atoms with Gasteiger partial charge in [0.1, 0.15) is 10.6 Å². The number of thiazole rings is 1. The maximum atomic E-state index is 12.3. The Labute approximate surface area is 155 Å². The summed E-state index contributed by atoms with van der Waals surface area (Å²) in [6.07, 6.45) is 2.08. The van der Waals surface area contributed by atoms with Gasteiger partial charge in [-0.25, -0.2) is 4.98 Å². The van der Waals surface area contributed by atoms with E-state index in [1.807, 2.05) is 13.8 Å². The third-order valence-electron chi connectivity index (χ3n) is 3.63. The van der Waals surface area contributed by atoms with Crippen LogP contribution in [0.15, 0.2) is 28.7 Å². The topological polar surface area (TPSA) is 90.1 Å². The number of aromatic nitrogens is 3. The number of anilines is 1. The molecule has 0 fully saturated rings. The summed E-state index contributed by atoms with van der Waals surface area (Å²) in [6.45, 7) is 6.57. The first-order valence-corrected chi connectivity index (χ1v) is 9.20. The molecular weight excluding hydrogens is 352 g/mol. The van der Waals surface area contributed by atoms with Gasteiger partial charge in [-0.15, -0.1) is 16.4 Å². The average molecular weight is 372 g/mol. The Balaban J connectivity index is 1.64. The highest BCUT2D eigenvalue weighted by Crippen LogP contribution is 2.29. The number of hydrogen-bond acceptors (Lipinski definition) is 7. The summed E-state index contributed by atoms with van der Waals surface area (Å²) in [6, 6.07) is 6.99. The summed E-state index contributed by atoms with van der Waals surface area (Å²) in [4.78, 5) is 17.5. The van der Waals surface area contributed by atoms with E-state index < -0.39 is 0 Å². The molecule has 0 unspecified atom stereocenters. The van der Waals surface area contributed by atoms with Crippen LogP contribution in [0.4, 0.5) is 6.01 Å². The molecule has 0 spiro atoms. The van der Waals surface area contributed by atoms with Gasteiger partial charge in [0.15, 0.2) is 0 Å². The monoisotopic (exact) mass is 372 g/mol. The van der Waals surface area contributed by atoms with Crippen molar-refractivity contribution >= 4 is 23.3 Å². The third-order valence-corrected chi connectivity index (χ3v) is 4.69. The van der Waals surface area contributed by atoms with E-state index in [2.05, 4.69) is 27.4 Å². The predicted octanol–water partition coefficient (Wildman–Crippen LogP) is 4.24. The van der Waals surface area contributed by atoms with E-state index in [9.17, 15) is 4.79 Å². The number of amides is 1. The van der Waals surface area contributed by atoms with Crippen LogP contribution in [0.5, 0.6) is 5.75 Å². The summed E-state index contributed by atoms with van der Waals surface area (Å²) in [5.41, 5.74) is 1.31. The number of benzene rings is 1. The lowest BCUT2D eigenvalue weighted by Crippen LogP contribution is -2.12. The van der Waals surface area contributed by atoms with E-state index in [1.54, 1.807) is 24.3 Å². The predicted molar refractivity (Wildman–Crippen MR) is 99.7 cm³/mol. The molecule has 0 aliphatic carbocycles. The Hall–Kier alpha value is -2.74. The SMILES string of the molecule is CCCCOc1ccc(C(=O)Nc2nnc(-c3sc(C)nc3C)o2)cc1. The maximum absolute atomic E-state index is 12.3. The smallest absolute Gasteiger partial charge is 0.322 e. The van der Waals surface area contributed by atoms with Crippen molar-refractivity contribution in [2.45, 2.75) is 33.6 Å². The lowest BCUT2D eigenvalue weighted by Gasteiger charge is -2.06. The second-order valence-electron chi connectivity index (χ2n) is 5.74. The van der Waals surface area contributed by atoms with Crippen LogP contribution in [0, 0.1) is 13.8 Å². The number of rotatable bonds is 7. The molecule has 26 heavy (non-hydrogen) atoms. The molecule has 2 heterocycles. The summed E-state index contributed by atoms with van der Waals surface area (Å²) >= 11 is 1.47. The summed E-state index contributed by atoms with van der Waals surface area (Å²) < 4.78 is 11.1. The van der Waals surface area contributed by atoms with Crippen molar-refractivity contribution in [1.29, 1.82) is 0 Å². The fourth-order valence-corrected chi connectivity index (χ4v) is 3.14. The van der Waals surface area contributed by atoms with Gasteiger partial charge in [-0.3, -0.25) is 10.1 Å². The molecule has 0 saturated carbocycles. The van der Waals surface area contributed by atoms with Gasteiger partial charge in [0, 0.05) is 5.56 Å². The standard InChI is InChI=1S/C18H20N4O3S/c1-4-5-10-24-14-8-6-13(7-9-14)16(23)20-18-22-21-17(25-18)15-11(2)19-12(3)26-15/h6-9H,4-5,10H2,1-3H3,(H,20,22,23). The van der Waals surface area contributed by atoms with Crippen LogP contribution >= 0.6 is 11.3 Å². The lowest BCUT2D eigenvalue weighted by molar-refractivity contribution is 0.102. The molecule has 136 valence electrons. The van der Waals surface area contributed by atoms with E-state index in [0.717, 1.165) is 34.2 Å². The normalized spacial score (nSPS) is 10.7. The molecule has 1 N–H and O–H groups in total. The lowest BCUT2D eigenvalue weighted by atomic mass is 10.2. The van der Waals surface area contributed by atoms with Gasteiger partial charge in [-0.2, -0.15) is 0 Å². The molecule has 0 bridgehead atoms. The minimum Gasteiger partial charge on any atom is -0.494 e. The largest absolute Gasteiger partial charge is 0.494 e. The molecule has 0 aliphatic heterocycles. The van der Waals surface area contributed by atoms with E-state index in [1.165, 1.54) is 11.3 Å².